The number of nitrogens with one attached hydrogen (secondary N) is 1. The number of carbonyl (C=O) groups is 1. The van der Waals surface area contributed by atoms with Gasteiger partial charge in [0.05, 0.1) is 29.6 Å². The van der Waals surface area contributed by atoms with E-state index in [0.29, 0.717) is 35.4 Å². The number of hydrogen-bond donors (Lipinski definition) is 2. The Morgan fingerprint density at radius 1 is 0.969 bits per heavy atom. The Morgan fingerprint density at radius 3 is 2.53 bits per heavy atom. The lowest BCUT2D eigenvalue weighted by Gasteiger charge is -2.08. The molecule has 0 saturated carbocycles. The number of hydrogen-bond acceptors (Lipinski definition) is 5. The summed E-state index contributed by atoms with van der Waals surface area (Å²) in [5.74, 6) is -0.0378. The summed E-state index contributed by atoms with van der Waals surface area (Å²) in [6.45, 7) is 0.588. The van der Waals surface area contributed by atoms with E-state index >= 15 is 0 Å². The second-order valence-electron chi connectivity index (χ2n) is 7.67. The van der Waals surface area contributed by atoms with Gasteiger partial charge in [-0.2, -0.15) is 5.10 Å². The fourth-order valence-electron chi connectivity index (χ4n) is 3.61. The quantitative estimate of drug-likeness (QED) is 0.311. The van der Waals surface area contributed by atoms with Crippen molar-refractivity contribution in [1.29, 1.82) is 0 Å². The molecule has 4 aromatic rings. The van der Waals surface area contributed by atoms with Crippen molar-refractivity contribution in [3.8, 4) is 5.69 Å². The average molecular weight is 431 g/mol. The van der Waals surface area contributed by atoms with Gasteiger partial charge in [-0.25, -0.2) is 9.67 Å². The van der Waals surface area contributed by atoms with Crippen molar-refractivity contribution in [3.63, 3.8) is 0 Å². The number of nitrogen functional groups attached to an aromatic ring is 1. The molecule has 32 heavy (non-hydrogen) atoms. The van der Waals surface area contributed by atoms with E-state index in [2.05, 4.69) is 15.4 Å². The standard InChI is InChI=1S/C24H26N6O2/c25-20-12-7-8-13-21(20)28-22(31)14-6-1-2-9-15-29-17-26-23-19(24(29)32)16-27-30(23)18-10-4-3-5-11-18/h3-5,7-8,10-13,16-17H,1-2,6,9,14-15,25H2,(H,28,31). The number of rotatable bonds is 9. The van der Waals surface area contributed by atoms with E-state index in [-0.39, 0.29) is 11.5 Å². The maximum atomic E-state index is 12.8. The summed E-state index contributed by atoms with van der Waals surface area (Å²) in [6, 6.07) is 16.8. The van der Waals surface area contributed by atoms with Crippen LogP contribution >= 0.6 is 0 Å². The lowest BCUT2D eigenvalue weighted by molar-refractivity contribution is -0.116. The molecule has 0 unspecified atom stereocenters. The number of para-hydroxylation sites is 3. The van der Waals surface area contributed by atoms with Gasteiger partial charge in [-0.1, -0.05) is 43.2 Å². The molecule has 4 rings (SSSR count). The zero-order valence-corrected chi connectivity index (χ0v) is 17.8. The third-order valence-electron chi connectivity index (χ3n) is 5.34. The van der Waals surface area contributed by atoms with Crippen LogP contribution in [0.1, 0.15) is 32.1 Å². The molecule has 0 aliphatic heterocycles. The van der Waals surface area contributed by atoms with Crippen molar-refractivity contribution < 1.29 is 4.79 Å². The highest BCUT2D eigenvalue weighted by atomic mass is 16.1. The van der Waals surface area contributed by atoms with Gasteiger partial charge in [-0.15, -0.1) is 0 Å². The summed E-state index contributed by atoms with van der Waals surface area (Å²) in [7, 11) is 0. The Bertz CT molecular complexity index is 1260. The highest BCUT2D eigenvalue weighted by Crippen LogP contribution is 2.17. The Morgan fingerprint density at radius 2 is 1.72 bits per heavy atom. The molecule has 0 atom stereocenters. The third-order valence-corrected chi connectivity index (χ3v) is 5.34. The van der Waals surface area contributed by atoms with Crippen LogP contribution in [0.25, 0.3) is 16.7 Å². The molecule has 0 radical (unpaired) electrons. The Labute approximate surface area is 185 Å². The number of benzene rings is 2. The van der Waals surface area contributed by atoms with Crippen LogP contribution in [0.2, 0.25) is 0 Å². The molecule has 8 heteroatoms. The summed E-state index contributed by atoms with van der Waals surface area (Å²) in [5, 5.41) is 7.68. The molecule has 0 spiro atoms. The second-order valence-corrected chi connectivity index (χ2v) is 7.67. The summed E-state index contributed by atoms with van der Waals surface area (Å²) >= 11 is 0. The summed E-state index contributed by atoms with van der Waals surface area (Å²) < 4.78 is 3.30. The van der Waals surface area contributed by atoms with Crippen molar-refractivity contribution in [1.82, 2.24) is 19.3 Å². The SMILES string of the molecule is Nc1ccccc1NC(=O)CCCCCCn1cnc2c(cnn2-c2ccccc2)c1=O. The van der Waals surface area contributed by atoms with E-state index in [1.165, 1.54) is 0 Å². The van der Waals surface area contributed by atoms with Crippen LogP contribution in [0.3, 0.4) is 0 Å². The minimum absolute atomic E-state index is 0.0378. The Hall–Kier alpha value is -3.94. The van der Waals surface area contributed by atoms with Gasteiger partial charge in [-0.3, -0.25) is 14.2 Å². The molecular formula is C24H26N6O2. The Kier molecular flexibility index (Phi) is 6.60. The highest BCUT2D eigenvalue weighted by molar-refractivity contribution is 5.93. The summed E-state index contributed by atoms with van der Waals surface area (Å²) in [5.41, 5.74) is 8.39. The lowest BCUT2D eigenvalue weighted by Crippen LogP contribution is -2.20. The van der Waals surface area contributed by atoms with Crippen molar-refractivity contribution in [3.05, 3.63) is 77.5 Å². The smallest absolute Gasteiger partial charge is 0.264 e. The number of fused-ring (bicyclic) bond motifs is 1. The van der Waals surface area contributed by atoms with Gasteiger partial charge < -0.3 is 11.1 Å². The molecule has 0 aliphatic rings. The van der Waals surface area contributed by atoms with Crippen LogP contribution in [-0.2, 0) is 11.3 Å². The number of aromatic nitrogens is 4. The van der Waals surface area contributed by atoms with Crippen LogP contribution < -0.4 is 16.6 Å². The highest BCUT2D eigenvalue weighted by Gasteiger charge is 2.11. The van der Waals surface area contributed by atoms with Gasteiger partial charge in [0.25, 0.3) is 5.56 Å². The van der Waals surface area contributed by atoms with Gasteiger partial charge in [0.2, 0.25) is 5.91 Å². The van der Waals surface area contributed by atoms with Crippen LogP contribution in [0.5, 0.6) is 0 Å². The van der Waals surface area contributed by atoms with Gasteiger partial charge in [0, 0.05) is 13.0 Å². The van der Waals surface area contributed by atoms with Crippen LogP contribution in [-0.4, -0.2) is 25.2 Å². The zero-order chi connectivity index (χ0) is 22.3. The first kappa shape index (κ1) is 21.3. The monoisotopic (exact) mass is 430 g/mol. The number of carbonyl (C=O) groups excluding carboxylic acids is 1. The number of aryl methyl sites for hydroxylation is 1. The zero-order valence-electron chi connectivity index (χ0n) is 17.8. The van der Waals surface area contributed by atoms with E-state index in [9.17, 15) is 9.59 Å². The van der Waals surface area contributed by atoms with E-state index in [1.807, 2.05) is 42.5 Å². The minimum atomic E-state index is -0.0861. The topological polar surface area (TPSA) is 108 Å². The normalized spacial score (nSPS) is 11.0. The van der Waals surface area contributed by atoms with E-state index in [1.54, 1.807) is 33.9 Å². The number of anilines is 2. The molecule has 0 aliphatic carbocycles. The van der Waals surface area contributed by atoms with E-state index in [4.69, 9.17) is 5.73 Å². The van der Waals surface area contributed by atoms with Gasteiger partial charge in [0.1, 0.15) is 5.39 Å². The van der Waals surface area contributed by atoms with Crippen molar-refractivity contribution >= 4 is 28.3 Å². The molecule has 3 N–H and O–H groups in total. The fraction of sp³-hybridized carbons (Fsp3) is 0.250. The molecule has 1 amide bonds. The van der Waals surface area contributed by atoms with Gasteiger partial charge in [0.15, 0.2) is 5.65 Å². The molecule has 0 bridgehead atoms. The molecule has 8 nitrogen and oxygen atoms in total. The predicted octanol–water partition coefficient (Wildman–Crippen LogP) is 3.75. The summed E-state index contributed by atoms with van der Waals surface area (Å²) in [4.78, 5) is 29.3. The van der Waals surface area contributed by atoms with E-state index in [0.717, 1.165) is 31.4 Å². The van der Waals surface area contributed by atoms with Gasteiger partial charge >= 0.3 is 0 Å². The van der Waals surface area contributed by atoms with Gasteiger partial charge in [-0.05, 0) is 37.1 Å². The van der Waals surface area contributed by atoms with Crippen LogP contribution in [0.15, 0.2) is 71.9 Å². The van der Waals surface area contributed by atoms with Crippen LogP contribution in [0, 0.1) is 0 Å². The molecular weight excluding hydrogens is 404 g/mol. The third kappa shape index (κ3) is 4.85. The molecule has 2 heterocycles. The largest absolute Gasteiger partial charge is 0.397 e. The maximum absolute atomic E-state index is 12.8. The molecule has 0 fully saturated rings. The number of unbranched alkanes of at least 4 members (excludes halogenated alkanes) is 3. The predicted molar refractivity (Wildman–Crippen MR) is 126 cm³/mol. The number of amides is 1. The molecule has 2 aromatic carbocycles. The maximum Gasteiger partial charge on any atom is 0.264 e. The first-order valence-corrected chi connectivity index (χ1v) is 10.8. The van der Waals surface area contributed by atoms with Crippen molar-refractivity contribution in [2.45, 2.75) is 38.6 Å². The summed E-state index contributed by atoms with van der Waals surface area (Å²) in [6.07, 6.45) is 7.07. The fourth-order valence-corrected chi connectivity index (χ4v) is 3.61. The minimum Gasteiger partial charge on any atom is -0.397 e. The molecule has 0 saturated heterocycles. The number of nitrogens with two attached hydrogens (primary N) is 1. The first-order chi connectivity index (χ1) is 15.6. The first-order valence-electron chi connectivity index (χ1n) is 10.8. The van der Waals surface area contributed by atoms with Crippen LogP contribution in [0.4, 0.5) is 11.4 Å². The number of nitrogens with zero attached hydrogens (tertiary/aromatic N) is 4. The molecule has 164 valence electrons. The van der Waals surface area contributed by atoms with E-state index < -0.39 is 0 Å². The van der Waals surface area contributed by atoms with Crippen molar-refractivity contribution in [2.75, 3.05) is 11.1 Å². The Balaban J connectivity index is 1.25. The second kappa shape index (κ2) is 9.91. The lowest BCUT2D eigenvalue weighted by atomic mass is 10.1. The molecule has 2 aromatic heterocycles. The van der Waals surface area contributed by atoms with Crippen molar-refractivity contribution in [2.24, 2.45) is 0 Å². The average Bonchev–Trinajstić information content (AvgIpc) is 3.24.